The Bertz CT molecular complexity index is 220. The van der Waals surface area contributed by atoms with Crippen molar-refractivity contribution in [1.82, 2.24) is 4.90 Å². The summed E-state index contributed by atoms with van der Waals surface area (Å²) in [6.45, 7) is 2.03. The van der Waals surface area contributed by atoms with Gasteiger partial charge in [0.2, 0.25) is 0 Å². The number of likely N-dealkylation sites (N-methyl/N-ethyl adjacent to an activating group) is 1. The van der Waals surface area contributed by atoms with Gasteiger partial charge in [0.25, 0.3) is 0 Å². The van der Waals surface area contributed by atoms with Crippen LogP contribution in [0.5, 0.6) is 0 Å². The molecule has 4 N–H and O–H groups in total. The predicted octanol–water partition coefficient (Wildman–Crippen LogP) is 0.936. The van der Waals surface area contributed by atoms with Crippen molar-refractivity contribution in [3.05, 3.63) is 0 Å². The van der Waals surface area contributed by atoms with Crippen LogP contribution in [0.3, 0.4) is 0 Å². The summed E-state index contributed by atoms with van der Waals surface area (Å²) in [7, 11) is 1.97. The van der Waals surface area contributed by atoms with Crippen LogP contribution in [-0.4, -0.2) is 41.1 Å². The monoisotopic (exact) mass is 213 g/mol. The molecule has 0 aliphatic heterocycles. The quantitative estimate of drug-likeness (QED) is 0.480. The highest BCUT2D eigenvalue weighted by atomic mass is 16.3. The van der Waals surface area contributed by atoms with E-state index in [0.29, 0.717) is 0 Å². The van der Waals surface area contributed by atoms with Crippen molar-refractivity contribution in [2.75, 3.05) is 7.05 Å². The van der Waals surface area contributed by atoms with Crippen LogP contribution in [0.15, 0.2) is 0 Å². The van der Waals surface area contributed by atoms with Crippen LogP contribution >= 0.6 is 0 Å². The number of aliphatic hydroxyl groups is 1. The average Bonchev–Trinajstić information content (AvgIpc) is 2.18. The van der Waals surface area contributed by atoms with Gasteiger partial charge in [-0.3, -0.25) is 10.3 Å². The van der Waals surface area contributed by atoms with Crippen LogP contribution in [0.4, 0.5) is 0 Å². The Morgan fingerprint density at radius 3 is 2.60 bits per heavy atom. The van der Waals surface area contributed by atoms with Crippen molar-refractivity contribution >= 4 is 5.84 Å². The van der Waals surface area contributed by atoms with Crippen LogP contribution in [0.25, 0.3) is 0 Å². The molecule has 3 atom stereocenters. The third-order valence-corrected chi connectivity index (χ3v) is 3.45. The molecule has 4 nitrogen and oxygen atoms in total. The maximum absolute atomic E-state index is 9.91. The van der Waals surface area contributed by atoms with Crippen molar-refractivity contribution < 1.29 is 5.11 Å². The molecular weight excluding hydrogens is 190 g/mol. The Kier molecular flexibility index (Phi) is 4.54. The van der Waals surface area contributed by atoms with Gasteiger partial charge in [-0.25, -0.2) is 0 Å². The number of nitrogens with one attached hydrogen (secondary N) is 1. The van der Waals surface area contributed by atoms with Crippen LogP contribution in [0.1, 0.15) is 39.0 Å². The number of amidine groups is 1. The summed E-state index contributed by atoms with van der Waals surface area (Å²) in [5.41, 5.74) is 5.56. The fourth-order valence-corrected chi connectivity index (χ4v) is 2.53. The Hall–Kier alpha value is -0.610. The molecular formula is C11H23N3O. The lowest BCUT2D eigenvalue weighted by Gasteiger charge is -2.39. The van der Waals surface area contributed by atoms with Gasteiger partial charge in [-0.1, -0.05) is 19.8 Å². The van der Waals surface area contributed by atoms with Gasteiger partial charge in [-0.05, 0) is 26.3 Å². The Balaban J connectivity index is 2.63. The third kappa shape index (κ3) is 2.92. The van der Waals surface area contributed by atoms with Crippen LogP contribution in [0, 0.1) is 5.41 Å². The van der Waals surface area contributed by atoms with E-state index in [1.807, 2.05) is 14.0 Å². The topological polar surface area (TPSA) is 73.3 Å². The minimum Gasteiger partial charge on any atom is -0.391 e. The van der Waals surface area contributed by atoms with Gasteiger partial charge >= 0.3 is 0 Å². The summed E-state index contributed by atoms with van der Waals surface area (Å²) in [6, 6.07) is 0.148. The molecule has 0 saturated heterocycles. The first-order chi connectivity index (χ1) is 7.07. The maximum atomic E-state index is 9.91. The second-order valence-electron chi connectivity index (χ2n) is 4.46. The maximum Gasteiger partial charge on any atom is 0.108 e. The first-order valence-electron chi connectivity index (χ1n) is 5.81. The van der Waals surface area contributed by atoms with Crippen LogP contribution in [-0.2, 0) is 0 Å². The average molecular weight is 213 g/mol. The van der Waals surface area contributed by atoms with Crippen molar-refractivity contribution in [2.24, 2.45) is 5.73 Å². The molecule has 0 heterocycles. The predicted molar refractivity (Wildman–Crippen MR) is 62.0 cm³/mol. The van der Waals surface area contributed by atoms with Gasteiger partial charge < -0.3 is 10.8 Å². The second kappa shape index (κ2) is 5.47. The van der Waals surface area contributed by atoms with Crippen LogP contribution < -0.4 is 5.73 Å². The van der Waals surface area contributed by atoms with Crippen molar-refractivity contribution in [2.45, 2.75) is 57.2 Å². The molecule has 1 saturated carbocycles. The molecule has 0 spiro atoms. The molecule has 0 aromatic carbocycles. The lowest BCUT2D eigenvalue weighted by molar-refractivity contribution is 0.0232. The smallest absolute Gasteiger partial charge is 0.108 e. The zero-order chi connectivity index (χ0) is 11.4. The molecule has 0 aromatic rings. The number of nitrogens with zero attached hydrogens (tertiary/aromatic N) is 1. The van der Waals surface area contributed by atoms with Crippen molar-refractivity contribution in [3.8, 4) is 0 Å². The summed E-state index contributed by atoms with van der Waals surface area (Å²) >= 11 is 0. The summed E-state index contributed by atoms with van der Waals surface area (Å²) in [5, 5.41) is 17.4. The van der Waals surface area contributed by atoms with E-state index in [0.717, 1.165) is 25.7 Å². The molecule has 0 bridgehead atoms. The Morgan fingerprint density at radius 2 is 2.13 bits per heavy atom. The van der Waals surface area contributed by atoms with Gasteiger partial charge in [-0.2, -0.15) is 0 Å². The molecule has 0 radical (unpaired) electrons. The van der Waals surface area contributed by atoms with E-state index in [1.165, 1.54) is 6.42 Å². The van der Waals surface area contributed by atoms with E-state index in [1.54, 1.807) is 0 Å². The normalized spacial score (nSPS) is 29.1. The molecule has 3 unspecified atom stereocenters. The van der Waals surface area contributed by atoms with E-state index < -0.39 is 0 Å². The molecule has 4 heteroatoms. The van der Waals surface area contributed by atoms with Gasteiger partial charge in [-0.15, -0.1) is 0 Å². The van der Waals surface area contributed by atoms with E-state index in [9.17, 15) is 5.11 Å². The van der Waals surface area contributed by atoms with Crippen LogP contribution in [0.2, 0.25) is 0 Å². The summed E-state index contributed by atoms with van der Waals surface area (Å²) in [6.07, 6.45) is 4.75. The summed E-state index contributed by atoms with van der Waals surface area (Å²) in [5.74, 6) is 0.206. The van der Waals surface area contributed by atoms with Crippen molar-refractivity contribution in [3.63, 3.8) is 0 Å². The molecule has 1 aliphatic carbocycles. The zero-order valence-corrected chi connectivity index (χ0v) is 9.74. The third-order valence-electron chi connectivity index (χ3n) is 3.45. The molecule has 1 fully saturated rings. The number of hydrogen-bond donors (Lipinski definition) is 3. The van der Waals surface area contributed by atoms with E-state index in [-0.39, 0.29) is 24.0 Å². The lowest BCUT2D eigenvalue weighted by atomic mass is 9.90. The second-order valence-corrected chi connectivity index (χ2v) is 4.46. The minimum absolute atomic E-state index is 0.0252. The summed E-state index contributed by atoms with van der Waals surface area (Å²) < 4.78 is 0. The van der Waals surface area contributed by atoms with E-state index in [2.05, 4.69) is 4.90 Å². The van der Waals surface area contributed by atoms with Gasteiger partial charge in [0.15, 0.2) is 0 Å². The highest BCUT2D eigenvalue weighted by Crippen LogP contribution is 2.24. The molecule has 15 heavy (non-hydrogen) atoms. The number of rotatable bonds is 4. The largest absolute Gasteiger partial charge is 0.391 e. The van der Waals surface area contributed by atoms with Gasteiger partial charge in [0, 0.05) is 6.04 Å². The number of aliphatic hydroxyl groups excluding tert-OH is 1. The number of hydrogen-bond acceptors (Lipinski definition) is 3. The Morgan fingerprint density at radius 1 is 1.53 bits per heavy atom. The molecule has 1 aliphatic rings. The SMILES string of the molecule is CCC(C(=N)N)N(C)C1CCCCC1O. The lowest BCUT2D eigenvalue weighted by Crippen LogP contribution is -2.52. The van der Waals surface area contributed by atoms with Crippen molar-refractivity contribution in [1.29, 1.82) is 5.41 Å². The molecule has 0 aromatic heterocycles. The van der Waals surface area contributed by atoms with E-state index in [4.69, 9.17) is 11.1 Å². The molecule has 0 amide bonds. The minimum atomic E-state index is -0.253. The fraction of sp³-hybridized carbons (Fsp3) is 0.909. The molecule has 88 valence electrons. The van der Waals surface area contributed by atoms with Gasteiger partial charge in [0.05, 0.1) is 12.1 Å². The number of nitrogens with two attached hydrogens (primary N) is 1. The fourth-order valence-electron chi connectivity index (χ4n) is 2.53. The molecule has 1 rings (SSSR count). The first kappa shape index (κ1) is 12.5. The zero-order valence-electron chi connectivity index (χ0n) is 9.74. The highest BCUT2D eigenvalue weighted by molar-refractivity contribution is 5.82. The first-order valence-corrected chi connectivity index (χ1v) is 5.81. The Labute approximate surface area is 92.0 Å². The standard InChI is InChI=1S/C11H23N3O/c1-3-8(11(12)13)14(2)9-6-4-5-7-10(9)15/h8-10,15H,3-7H2,1-2H3,(H3,12,13). The van der Waals surface area contributed by atoms with E-state index >= 15 is 0 Å². The van der Waals surface area contributed by atoms with Gasteiger partial charge in [0.1, 0.15) is 5.84 Å². The highest BCUT2D eigenvalue weighted by Gasteiger charge is 2.30. The summed E-state index contributed by atoms with van der Waals surface area (Å²) in [4.78, 5) is 2.08.